The topological polar surface area (TPSA) is 92.8 Å². The van der Waals surface area contributed by atoms with Crippen LogP contribution in [0.1, 0.15) is 40.0 Å². The lowest BCUT2D eigenvalue weighted by Gasteiger charge is -2.26. The number of carbonyl (C=O) groups is 2. The molecule has 0 radical (unpaired) electrons. The molecule has 1 aliphatic heterocycles. The van der Waals surface area contributed by atoms with Gasteiger partial charge in [-0.05, 0) is 49.2 Å². The van der Waals surface area contributed by atoms with Crippen LogP contribution in [0.25, 0.3) is 0 Å². The van der Waals surface area contributed by atoms with Crippen molar-refractivity contribution in [3.8, 4) is 0 Å². The van der Waals surface area contributed by atoms with E-state index in [1.165, 1.54) is 47.8 Å². The zero-order chi connectivity index (χ0) is 21.0. The summed E-state index contributed by atoms with van der Waals surface area (Å²) in [6, 6.07) is 10.3. The molecule has 1 saturated heterocycles. The van der Waals surface area contributed by atoms with E-state index in [0.717, 1.165) is 19.3 Å². The van der Waals surface area contributed by atoms with Crippen molar-refractivity contribution in [2.45, 2.75) is 24.2 Å². The van der Waals surface area contributed by atoms with E-state index in [-0.39, 0.29) is 21.0 Å². The lowest BCUT2D eigenvalue weighted by atomic mass is 10.1. The summed E-state index contributed by atoms with van der Waals surface area (Å²) in [5, 5.41) is 2.85. The molecule has 0 atom stereocenters. The number of piperidine rings is 1. The molecule has 1 amide bonds. The standard InChI is InChI=1S/C20H21ClN2O5S/c1-28-20(25)17-13-15(8-9-18(17)21)22-19(24)14-6-5-7-16(12-14)29(26,27)23-10-3-2-4-11-23/h5-9,12-13H,2-4,10-11H2,1H3,(H,22,24). The molecular formula is C20H21ClN2O5S. The van der Waals surface area contributed by atoms with E-state index in [1.54, 1.807) is 6.07 Å². The normalized spacial score (nSPS) is 15.0. The van der Waals surface area contributed by atoms with Crippen LogP contribution in [-0.4, -0.2) is 44.8 Å². The second kappa shape index (κ2) is 8.94. The van der Waals surface area contributed by atoms with Crippen molar-refractivity contribution in [1.29, 1.82) is 0 Å². The summed E-state index contributed by atoms with van der Waals surface area (Å²) in [7, 11) is -2.41. The summed E-state index contributed by atoms with van der Waals surface area (Å²) in [4.78, 5) is 24.5. The zero-order valence-corrected chi connectivity index (χ0v) is 17.4. The van der Waals surface area contributed by atoms with Crippen molar-refractivity contribution >= 4 is 39.2 Å². The Hall–Kier alpha value is -2.42. The molecule has 1 N–H and O–H groups in total. The number of rotatable bonds is 5. The molecule has 0 aliphatic carbocycles. The van der Waals surface area contributed by atoms with Crippen LogP contribution in [0, 0.1) is 0 Å². The fourth-order valence-corrected chi connectivity index (χ4v) is 4.88. The van der Waals surface area contributed by atoms with E-state index in [1.807, 2.05) is 0 Å². The molecule has 0 saturated carbocycles. The van der Waals surface area contributed by atoms with Gasteiger partial charge in [0.2, 0.25) is 10.0 Å². The summed E-state index contributed by atoms with van der Waals surface area (Å²) in [6.45, 7) is 0.972. The fourth-order valence-electron chi connectivity index (χ4n) is 3.12. The van der Waals surface area contributed by atoms with Gasteiger partial charge in [0.25, 0.3) is 5.91 Å². The highest BCUT2D eigenvalue weighted by Gasteiger charge is 2.26. The SMILES string of the molecule is COC(=O)c1cc(NC(=O)c2cccc(S(=O)(=O)N3CCCCC3)c2)ccc1Cl. The van der Waals surface area contributed by atoms with Gasteiger partial charge < -0.3 is 10.1 Å². The van der Waals surface area contributed by atoms with E-state index >= 15 is 0 Å². The molecular weight excluding hydrogens is 416 g/mol. The first-order chi connectivity index (χ1) is 13.8. The molecule has 154 valence electrons. The molecule has 0 spiro atoms. The Labute approximate surface area is 174 Å². The number of hydrogen-bond acceptors (Lipinski definition) is 5. The first kappa shape index (κ1) is 21.3. The Morgan fingerprint density at radius 2 is 1.79 bits per heavy atom. The van der Waals surface area contributed by atoms with Crippen molar-refractivity contribution in [3.63, 3.8) is 0 Å². The number of amides is 1. The number of anilines is 1. The molecule has 1 aliphatic rings. The van der Waals surface area contributed by atoms with E-state index < -0.39 is 21.9 Å². The number of hydrogen-bond donors (Lipinski definition) is 1. The third-order valence-corrected chi connectivity index (χ3v) is 6.90. The van der Waals surface area contributed by atoms with Gasteiger partial charge in [-0.2, -0.15) is 4.31 Å². The van der Waals surface area contributed by atoms with Gasteiger partial charge in [0.15, 0.2) is 0 Å². The molecule has 1 heterocycles. The minimum absolute atomic E-state index is 0.0819. The van der Waals surface area contributed by atoms with Gasteiger partial charge in [0.05, 0.1) is 22.6 Å². The van der Waals surface area contributed by atoms with Crippen LogP contribution in [0.5, 0.6) is 0 Å². The van der Waals surface area contributed by atoms with Crippen LogP contribution in [0.4, 0.5) is 5.69 Å². The summed E-state index contributed by atoms with van der Waals surface area (Å²) < 4.78 is 31.8. The van der Waals surface area contributed by atoms with Crippen LogP contribution in [0.2, 0.25) is 5.02 Å². The molecule has 3 rings (SSSR count). The number of sulfonamides is 1. The second-order valence-electron chi connectivity index (χ2n) is 6.63. The quantitative estimate of drug-likeness (QED) is 0.723. The number of methoxy groups -OCH3 is 1. The van der Waals surface area contributed by atoms with Gasteiger partial charge in [0.1, 0.15) is 0 Å². The molecule has 7 nitrogen and oxygen atoms in total. The average Bonchev–Trinajstić information content (AvgIpc) is 2.75. The molecule has 2 aromatic rings. The van der Waals surface area contributed by atoms with Crippen molar-refractivity contribution in [3.05, 3.63) is 58.6 Å². The van der Waals surface area contributed by atoms with E-state index in [4.69, 9.17) is 11.6 Å². The van der Waals surface area contributed by atoms with Gasteiger partial charge in [-0.15, -0.1) is 0 Å². The predicted molar refractivity (Wildman–Crippen MR) is 110 cm³/mol. The first-order valence-electron chi connectivity index (χ1n) is 9.12. The molecule has 0 unspecified atom stereocenters. The van der Waals surface area contributed by atoms with E-state index in [2.05, 4.69) is 10.1 Å². The summed E-state index contributed by atoms with van der Waals surface area (Å²) in [5.74, 6) is -1.13. The second-order valence-corrected chi connectivity index (χ2v) is 8.98. The summed E-state index contributed by atoms with van der Waals surface area (Å²) in [6.07, 6.45) is 2.68. The Bertz CT molecular complexity index is 1030. The van der Waals surface area contributed by atoms with Crippen LogP contribution in [0.15, 0.2) is 47.4 Å². The maximum Gasteiger partial charge on any atom is 0.339 e. The third kappa shape index (κ3) is 4.77. The number of esters is 1. The monoisotopic (exact) mass is 436 g/mol. The number of benzene rings is 2. The van der Waals surface area contributed by atoms with Gasteiger partial charge >= 0.3 is 5.97 Å². The number of nitrogens with one attached hydrogen (secondary N) is 1. The average molecular weight is 437 g/mol. The van der Waals surface area contributed by atoms with Crippen molar-refractivity contribution in [1.82, 2.24) is 4.31 Å². The fraction of sp³-hybridized carbons (Fsp3) is 0.300. The minimum atomic E-state index is -3.64. The highest BCUT2D eigenvalue weighted by atomic mass is 35.5. The molecule has 0 bridgehead atoms. The number of halogens is 1. The van der Waals surface area contributed by atoms with Crippen LogP contribution in [0.3, 0.4) is 0 Å². The Kier molecular flexibility index (Phi) is 6.56. The summed E-state index contributed by atoms with van der Waals surface area (Å²) in [5.41, 5.74) is 0.648. The Balaban J connectivity index is 1.82. The number of ether oxygens (including phenoxy) is 1. The lowest BCUT2D eigenvalue weighted by molar-refractivity contribution is 0.0600. The lowest BCUT2D eigenvalue weighted by Crippen LogP contribution is -2.35. The molecule has 29 heavy (non-hydrogen) atoms. The Morgan fingerprint density at radius 1 is 1.07 bits per heavy atom. The van der Waals surface area contributed by atoms with Crippen LogP contribution >= 0.6 is 11.6 Å². The highest BCUT2D eigenvalue weighted by molar-refractivity contribution is 7.89. The number of nitrogens with zero attached hydrogens (tertiary/aromatic N) is 1. The molecule has 1 fully saturated rings. The first-order valence-corrected chi connectivity index (χ1v) is 10.9. The Morgan fingerprint density at radius 3 is 2.48 bits per heavy atom. The zero-order valence-electron chi connectivity index (χ0n) is 15.9. The van der Waals surface area contributed by atoms with Gasteiger partial charge in [0, 0.05) is 24.3 Å². The third-order valence-electron chi connectivity index (χ3n) is 4.68. The maximum absolute atomic E-state index is 12.8. The van der Waals surface area contributed by atoms with Crippen LogP contribution in [-0.2, 0) is 14.8 Å². The molecule has 9 heteroatoms. The van der Waals surface area contributed by atoms with Crippen molar-refractivity contribution in [2.75, 3.05) is 25.5 Å². The minimum Gasteiger partial charge on any atom is -0.465 e. The van der Waals surface area contributed by atoms with Crippen LogP contribution < -0.4 is 5.32 Å². The van der Waals surface area contributed by atoms with Crippen molar-refractivity contribution in [2.24, 2.45) is 0 Å². The smallest absolute Gasteiger partial charge is 0.339 e. The predicted octanol–water partition coefficient (Wildman–Crippen LogP) is 3.55. The molecule has 0 aromatic heterocycles. The number of carbonyl (C=O) groups excluding carboxylic acids is 2. The van der Waals surface area contributed by atoms with Crippen molar-refractivity contribution < 1.29 is 22.7 Å². The van der Waals surface area contributed by atoms with E-state index in [0.29, 0.717) is 18.8 Å². The van der Waals surface area contributed by atoms with Gasteiger partial charge in [-0.25, -0.2) is 13.2 Å². The highest BCUT2D eigenvalue weighted by Crippen LogP contribution is 2.24. The van der Waals surface area contributed by atoms with Gasteiger partial charge in [-0.1, -0.05) is 24.1 Å². The largest absolute Gasteiger partial charge is 0.465 e. The molecule has 2 aromatic carbocycles. The maximum atomic E-state index is 12.8. The van der Waals surface area contributed by atoms with E-state index in [9.17, 15) is 18.0 Å². The summed E-state index contributed by atoms with van der Waals surface area (Å²) >= 11 is 5.98. The van der Waals surface area contributed by atoms with Gasteiger partial charge in [-0.3, -0.25) is 4.79 Å².